The highest BCUT2D eigenvalue weighted by molar-refractivity contribution is 6.61. The molecule has 0 fully saturated rings. The van der Waals surface area contributed by atoms with Gasteiger partial charge in [0.05, 0.1) is 5.59 Å². The molecule has 0 aliphatic rings. The predicted octanol–water partition coefficient (Wildman–Crippen LogP) is 0.518. The number of nitrogens with zero attached hydrogens (tertiary/aromatic N) is 1. The molecule has 0 amide bonds. The van der Waals surface area contributed by atoms with Crippen molar-refractivity contribution in [1.29, 1.82) is 0 Å². The van der Waals surface area contributed by atoms with Gasteiger partial charge in [0, 0.05) is 42.5 Å². The Morgan fingerprint density at radius 3 is 2.13 bits per heavy atom. The van der Waals surface area contributed by atoms with Crippen LogP contribution in [0.15, 0.2) is 66.9 Å². The van der Waals surface area contributed by atoms with Crippen molar-refractivity contribution in [1.82, 2.24) is 4.98 Å². The van der Waals surface area contributed by atoms with E-state index in [1.165, 1.54) is 0 Å². The van der Waals surface area contributed by atoms with Crippen LogP contribution < -0.4 is 21.7 Å². The fourth-order valence-electron chi connectivity index (χ4n) is 3.44. The van der Waals surface area contributed by atoms with Crippen molar-refractivity contribution in [3.05, 3.63) is 66.9 Å². The average molecular weight is 403 g/mol. The lowest BCUT2D eigenvalue weighted by atomic mass is 9.77. The van der Waals surface area contributed by atoms with Crippen LogP contribution in [-0.2, 0) is 0 Å². The van der Waals surface area contributed by atoms with Gasteiger partial charge in [-0.05, 0) is 28.3 Å². The lowest BCUT2D eigenvalue weighted by Gasteiger charge is -2.15. The van der Waals surface area contributed by atoms with Crippen LogP contribution in [0.4, 0.5) is 11.4 Å². The number of anilines is 2. The molecular formula is C21H23B2N3O4. The number of hydrogen-bond donors (Lipinski definition) is 6. The van der Waals surface area contributed by atoms with E-state index in [2.05, 4.69) is 15.6 Å². The largest absolute Gasteiger partial charge is 0.508 e. The molecule has 0 aliphatic heterocycles. The van der Waals surface area contributed by atoms with Crippen LogP contribution in [0.2, 0.25) is 0 Å². The van der Waals surface area contributed by atoms with Crippen molar-refractivity contribution < 1.29 is 20.1 Å². The molecule has 0 atom stereocenters. The van der Waals surface area contributed by atoms with Gasteiger partial charge in [0.25, 0.3) is 0 Å². The Labute approximate surface area is 175 Å². The lowest BCUT2D eigenvalue weighted by molar-refractivity contribution is 0.424. The molecule has 4 rings (SSSR count). The molecule has 3 aromatic carbocycles. The van der Waals surface area contributed by atoms with Crippen molar-refractivity contribution in [3.63, 3.8) is 0 Å². The molecule has 0 bridgehead atoms. The topological polar surface area (TPSA) is 118 Å². The van der Waals surface area contributed by atoms with Gasteiger partial charge in [-0.25, -0.2) is 0 Å². The van der Waals surface area contributed by atoms with E-state index >= 15 is 0 Å². The van der Waals surface area contributed by atoms with E-state index < -0.39 is 14.2 Å². The van der Waals surface area contributed by atoms with Crippen molar-refractivity contribution in [2.24, 2.45) is 0 Å². The molecule has 1 heterocycles. The molecule has 9 heteroatoms. The minimum atomic E-state index is -1.51. The zero-order valence-corrected chi connectivity index (χ0v) is 16.7. The first-order chi connectivity index (χ1) is 14.5. The molecule has 152 valence electrons. The van der Waals surface area contributed by atoms with Crippen LogP contribution in [0.3, 0.4) is 0 Å². The number of rotatable bonds is 4. The average Bonchev–Trinajstić information content (AvgIpc) is 2.77. The number of fused-ring (bicyclic) bond motifs is 2. The van der Waals surface area contributed by atoms with E-state index in [4.69, 9.17) is 10.0 Å². The Bertz CT molecular complexity index is 1150. The van der Waals surface area contributed by atoms with Gasteiger partial charge in [0.1, 0.15) is 0 Å². The Morgan fingerprint density at radius 2 is 1.47 bits per heavy atom. The van der Waals surface area contributed by atoms with Crippen LogP contribution in [0, 0.1) is 0 Å². The molecule has 0 saturated heterocycles. The van der Waals surface area contributed by atoms with E-state index in [9.17, 15) is 10.0 Å². The lowest BCUT2D eigenvalue weighted by Crippen LogP contribution is -2.33. The summed E-state index contributed by atoms with van der Waals surface area (Å²) in [7, 11) is 0.626. The maximum Gasteiger partial charge on any atom is 0.508 e. The second-order valence-corrected chi connectivity index (χ2v) is 6.60. The zero-order chi connectivity index (χ0) is 21.7. The first-order valence-electron chi connectivity index (χ1n) is 9.45. The normalized spacial score (nSPS) is 10.3. The maximum atomic E-state index is 9.35. The molecular weight excluding hydrogens is 380 g/mol. The highest BCUT2D eigenvalue weighted by Crippen LogP contribution is 2.29. The summed E-state index contributed by atoms with van der Waals surface area (Å²) in [6.45, 7) is 0. The summed E-state index contributed by atoms with van der Waals surface area (Å²) in [6, 6.07) is 18.8. The summed E-state index contributed by atoms with van der Waals surface area (Å²) in [5.41, 5.74) is 2.47. The van der Waals surface area contributed by atoms with Gasteiger partial charge in [0.15, 0.2) is 0 Å². The van der Waals surface area contributed by atoms with Crippen molar-refractivity contribution >= 4 is 58.2 Å². The molecule has 0 saturated carbocycles. The Kier molecular flexibility index (Phi) is 6.91. The number of aromatic nitrogens is 1. The number of benzene rings is 3. The van der Waals surface area contributed by atoms with E-state index in [-0.39, 0.29) is 0 Å². The standard InChI is InChI=1S/C12H15BN2O2.C9H8BNO2/c1-14-10-5-3-4-8-6-7-9(13(16)17)12(15-2)11(8)10;12-10(13)9-8-4-2-1-3-7(8)5-6-11-9/h3-7,14-17H,1-2H3;1-6,12-13H. The summed E-state index contributed by atoms with van der Waals surface area (Å²) in [4.78, 5) is 3.91. The van der Waals surface area contributed by atoms with E-state index in [1.807, 2.05) is 61.6 Å². The summed E-state index contributed by atoms with van der Waals surface area (Å²) in [5, 5.41) is 46.6. The van der Waals surface area contributed by atoms with Gasteiger partial charge in [-0.3, -0.25) is 4.98 Å². The fraction of sp³-hybridized carbons (Fsp3) is 0.0952. The number of hydrogen-bond acceptors (Lipinski definition) is 7. The van der Waals surface area contributed by atoms with Gasteiger partial charge < -0.3 is 30.7 Å². The monoisotopic (exact) mass is 403 g/mol. The van der Waals surface area contributed by atoms with E-state index in [0.29, 0.717) is 11.1 Å². The van der Waals surface area contributed by atoms with Gasteiger partial charge >= 0.3 is 14.2 Å². The summed E-state index contributed by atoms with van der Waals surface area (Å²) < 4.78 is 0. The van der Waals surface area contributed by atoms with Crippen LogP contribution in [0.5, 0.6) is 0 Å². The molecule has 1 aromatic heterocycles. The van der Waals surface area contributed by atoms with E-state index in [1.54, 1.807) is 19.3 Å². The predicted molar refractivity (Wildman–Crippen MR) is 124 cm³/mol. The second-order valence-electron chi connectivity index (χ2n) is 6.60. The van der Waals surface area contributed by atoms with E-state index in [0.717, 1.165) is 32.9 Å². The van der Waals surface area contributed by atoms with Gasteiger partial charge in [-0.15, -0.1) is 0 Å². The Hall–Kier alpha value is -3.10. The fourth-order valence-corrected chi connectivity index (χ4v) is 3.44. The molecule has 0 unspecified atom stereocenters. The van der Waals surface area contributed by atoms with Crippen LogP contribution >= 0.6 is 0 Å². The maximum absolute atomic E-state index is 9.35. The first-order valence-corrected chi connectivity index (χ1v) is 9.45. The SMILES string of the molecule is CNc1cccc2ccc(B(O)O)c(NC)c12.OB(O)c1nccc2ccccc12. The van der Waals surface area contributed by atoms with Crippen molar-refractivity contribution in [2.45, 2.75) is 0 Å². The second kappa shape index (κ2) is 9.60. The Balaban J connectivity index is 0.000000177. The van der Waals surface area contributed by atoms with Gasteiger partial charge in [0.2, 0.25) is 0 Å². The minimum absolute atomic E-state index is 0.304. The van der Waals surface area contributed by atoms with Crippen LogP contribution in [0.25, 0.3) is 21.5 Å². The molecule has 0 radical (unpaired) electrons. The summed E-state index contributed by atoms with van der Waals surface area (Å²) >= 11 is 0. The Morgan fingerprint density at radius 1 is 0.733 bits per heavy atom. The molecule has 30 heavy (non-hydrogen) atoms. The van der Waals surface area contributed by atoms with Crippen molar-refractivity contribution in [2.75, 3.05) is 24.7 Å². The van der Waals surface area contributed by atoms with Crippen LogP contribution in [0.1, 0.15) is 0 Å². The zero-order valence-electron chi connectivity index (χ0n) is 16.7. The number of pyridine rings is 1. The van der Waals surface area contributed by atoms with Gasteiger partial charge in [-0.2, -0.15) is 0 Å². The molecule has 6 N–H and O–H groups in total. The minimum Gasteiger partial charge on any atom is -0.423 e. The highest BCUT2D eigenvalue weighted by atomic mass is 16.4. The quantitative estimate of drug-likeness (QED) is 0.275. The molecule has 7 nitrogen and oxygen atoms in total. The molecule has 0 aliphatic carbocycles. The van der Waals surface area contributed by atoms with Crippen LogP contribution in [-0.4, -0.2) is 53.4 Å². The van der Waals surface area contributed by atoms with Gasteiger partial charge in [-0.1, -0.05) is 48.5 Å². The summed E-state index contributed by atoms with van der Waals surface area (Å²) in [5.74, 6) is 0. The third-order valence-electron chi connectivity index (χ3n) is 4.82. The summed E-state index contributed by atoms with van der Waals surface area (Å²) in [6.07, 6.45) is 1.57. The number of nitrogens with one attached hydrogen (secondary N) is 2. The van der Waals surface area contributed by atoms with Crippen molar-refractivity contribution in [3.8, 4) is 0 Å². The molecule has 4 aromatic rings. The third kappa shape index (κ3) is 4.39. The third-order valence-corrected chi connectivity index (χ3v) is 4.82. The highest BCUT2D eigenvalue weighted by Gasteiger charge is 2.18. The first kappa shape index (κ1) is 21.6. The smallest absolute Gasteiger partial charge is 0.423 e. The molecule has 0 spiro atoms.